The number of rotatable bonds is 9. The summed E-state index contributed by atoms with van der Waals surface area (Å²) in [5.74, 6) is 3.24. The third kappa shape index (κ3) is 16.2. The highest BCUT2D eigenvalue weighted by Crippen LogP contribution is 2.12. The number of benzene rings is 1. The molecule has 0 heterocycles. The molecule has 0 aliphatic heterocycles. The summed E-state index contributed by atoms with van der Waals surface area (Å²) >= 11 is 0. The van der Waals surface area contributed by atoms with Crippen molar-refractivity contribution in [2.75, 3.05) is 33.0 Å². The minimum atomic E-state index is 0.332. The molecule has 0 aliphatic rings. The topological polar surface area (TPSA) is 70.8 Å². The normalized spacial score (nSPS) is 8.48. The number of ether oxygens (including phenoxy) is 3. The van der Waals surface area contributed by atoms with Crippen LogP contribution in [0.15, 0.2) is 24.3 Å². The van der Waals surface area contributed by atoms with Crippen molar-refractivity contribution < 1.29 is 19.0 Å². The molecule has 1 rings (SSSR count). The second-order valence-electron chi connectivity index (χ2n) is 3.84. The fourth-order valence-corrected chi connectivity index (χ4v) is 1.34. The summed E-state index contributed by atoms with van der Waals surface area (Å²) in [5, 5.41) is 0. The monoisotopic (exact) mass is 323 g/mol. The van der Waals surface area contributed by atoms with E-state index in [9.17, 15) is 4.79 Å². The molecule has 0 radical (unpaired) electrons. The van der Waals surface area contributed by atoms with Gasteiger partial charge in [-0.3, -0.25) is 4.79 Å². The number of nitrogens with two attached hydrogens (primary N) is 1. The zero-order valence-corrected chi connectivity index (χ0v) is 14.4. The van der Waals surface area contributed by atoms with Gasteiger partial charge in [-0.1, -0.05) is 31.9 Å². The number of hydrogen-bond donors (Lipinski definition) is 1. The van der Waals surface area contributed by atoms with E-state index in [1.807, 2.05) is 38.1 Å². The van der Waals surface area contributed by atoms with E-state index in [2.05, 4.69) is 10.7 Å². The molecule has 0 amide bonds. The second-order valence-corrected chi connectivity index (χ2v) is 3.84. The van der Waals surface area contributed by atoms with Crippen molar-refractivity contribution in [3.05, 3.63) is 29.8 Å². The molecule has 5 heteroatoms. The average Bonchev–Trinajstić information content (AvgIpc) is 2.59. The maximum Gasteiger partial charge on any atom is 0.293 e. The van der Waals surface area contributed by atoms with Gasteiger partial charge in [0.15, 0.2) is 0 Å². The van der Waals surface area contributed by atoms with Crippen molar-refractivity contribution in [1.29, 1.82) is 0 Å². The van der Waals surface area contributed by atoms with Crippen LogP contribution in [0.5, 0.6) is 5.75 Å². The summed E-state index contributed by atoms with van der Waals surface area (Å²) < 4.78 is 14.7. The fraction of sp³-hybridized carbons (Fsp3) is 0.500. The maximum absolute atomic E-state index is 9.18. The second kappa shape index (κ2) is 20.0. The Labute approximate surface area is 140 Å². The largest absolute Gasteiger partial charge is 0.491 e. The van der Waals surface area contributed by atoms with Gasteiger partial charge in [-0.05, 0) is 37.6 Å². The Kier molecular flexibility index (Phi) is 20.2. The Morgan fingerprint density at radius 1 is 1.22 bits per heavy atom. The van der Waals surface area contributed by atoms with Crippen LogP contribution in [0, 0.1) is 12.3 Å². The molecular formula is C18H29NO4. The summed E-state index contributed by atoms with van der Waals surface area (Å²) in [5.41, 5.74) is 6.68. The van der Waals surface area contributed by atoms with E-state index in [0.717, 1.165) is 12.2 Å². The minimum Gasteiger partial charge on any atom is -0.491 e. The molecule has 0 spiro atoms. The standard InChI is InChI=1S/C13H17NO2.C3H6O2.C2H6/c1-2-9-15-10-11-16-13-5-3-12(4-6-13)7-8-14;1-2-5-3-4;1-2/h1,3-6H,7-11,14H2;3H,2H2,1H3;1-2H3. The van der Waals surface area contributed by atoms with Crippen LogP contribution in [0.2, 0.25) is 0 Å². The van der Waals surface area contributed by atoms with Crippen LogP contribution < -0.4 is 10.5 Å². The lowest BCUT2D eigenvalue weighted by atomic mass is 10.1. The molecule has 1 aromatic rings. The molecule has 0 bridgehead atoms. The van der Waals surface area contributed by atoms with Crippen molar-refractivity contribution in [1.82, 2.24) is 0 Å². The molecule has 0 saturated heterocycles. The molecule has 0 unspecified atom stereocenters. The lowest BCUT2D eigenvalue weighted by Gasteiger charge is -2.06. The predicted octanol–water partition coefficient (Wildman–Crippen LogP) is 2.42. The van der Waals surface area contributed by atoms with E-state index in [1.165, 1.54) is 5.56 Å². The zero-order chi connectivity index (χ0) is 17.8. The van der Waals surface area contributed by atoms with E-state index in [1.54, 1.807) is 6.92 Å². The minimum absolute atomic E-state index is 0.332. The predicted molar refractivity (Wildman–Crippen MR) is 93.4 cm³/mol. The first-order valence-corrected chi connectivity index (χ1v) is 7.76. The van der Waals surface area contributed by atoms with Gasteiger partial charge < -0.3 is 19.9 Å². The van der Waals surface area contributed by atoms with Crippen molar-refractivity contribution in [3.63, 3.8) is 0 Å². The van der Waals surface area contributed by atoms with Crippen LogP contribution in [0.3, 0.4) is 0 Å². The SMILES string of the molecule is C#CCOCCOc1ccc(CCN)cc1.CC.CCOC=O. The lowest BCUT2D eigenvalue weighted by Crippen LogP contribution is -2.07. The van der Waals surface area contributed by atoms with Crippen LogP contribution in [-0.2, 0) is 20.7 Å². The van der Waals surface area contributed by atoms with E-state index in [-0.39, 0.29) is 0 Å². The molecule has 0 saturated carbocycles. The van der Waals surface area contributed by atoms with Gasteiger partial charge in [0.05, 0.1) is 13.2 Å². The molecule has 5 nitrogen and oxygen atoms in total. The Morgan fingerprint density at radius 3 is 2.30 bits per heavy atom. The fourth-order valence-electron chi connectivity index (χ4n) is 1.34. The van der Waals surface area contributed by atoms with Gasteiger partial charge in [-0.25, -0.2) is 0 Å². The van der Waals surface area contributed by atoms with E-state index >= 15 is 0 Å². The Balaban J connectivity index is 0. The van der Waals surface area contributed by atoms with Crippen molar-refractivity contribution in [2.24, 2.45) is 5.73 Å². The smallest absolute Gasteiger partial charge is 0.293 e. The van der Waals surface area contributed by atoms with Crippen LogP contribution >= 0.6 is 0 Å². The van der Waals surface area contributed by atoms with Crippen molar-refractivity contribution in [3.8, 4) is 18.1 Å². The van der Waals surface area contributed by atoms with Crippen LogP contribution in [0.25, 0.3) is 0 Å². The first kappa shape index (κ1) is 23.2. The van der Waals surface area contributed by atoms with Gasteiger partial charge >= 0.3 is 0 Å². The lowest BCUT2D eigenvalue weighted by molar-refractivity contribution is -0.128. The molecule has 0 aliphatic carbocycles. The van der Waals surface area contributed by atoms with Gasteiger partial charge in [0.2, 0.25) is 0 Å². The Hall–Kier alpha value is -2.03. The van der Waals surface area contributed by atoms with Gasteiger partial charge in [-0.2, -0.15) is 0 Å². The van der Waals surface area contributed by atoms with Gasteiger partial charge in [0, 0.05) is 0 Å². The summed E-state index contributed by atoms with van der Waals surface area (Å²) in [6.07, 6.45) is 5.94. The molecule has 0 fully saturated rings. The van der Waals surface area contributed by atoms with E-state index in [0.29, 0.717) is 39.4 Å². The van der Waals surface area contributed by atoms with Crippen molar-refractivity contribution in [2.45, 2.75) is 27.2 Å². The van der Waals surface area contributed by atoms with Crippen LogP contribution in [0.1, 0.15) is 26.3 Å². The number of carbonyl (C=O) groups excluding carboxylic acids is 1. The Bertz CT molecular complexity index is 398. The highest BCUT2D eigenvalue weighted by molar-refractivity contribution is 5.36. The molecular weight excluding hydrogens is 294 g/mol. The van der Waals surface area contributed by atoms with Gasteiger partial charge in [-0.15, -0.1) is 6.42 Å². The van der Waals surface area contributed by atoms with E-state index < -0.39 is 0 Å². The molecule has 130 valence electrons. The first-order valence-electron chi connectivity index (χ1n) is 7.76. The maximum atomic E-state index is 9.18. The third-order valence-corrected chi connectivity index (χ3v) is 2.27. The van der Waals surface area contributed by atoms with Crippen molar-refractivity contribution >= 4 is 6.47 Å². The summed E-state index contributed by atoms with van der Waals surface area (Å²) in [4.78, 5) is 9.18. The quantitative estimate of drug-likeness (QED) is 0.429. The van der Waals surface area contributed by atoms with Gasteiger partial charge in [0.25, 0.3) is 6.47 Å². The summed E-state index contributed by atoms with van der Waals surface area (Å²) in [7, 11) is 0. The number of carbonyl (C=O) groups is 1. The van der Waals surface area contributed by atoms with Crippen LogP contribution in [0.4, 0.5) is 0 Å². The third-order valence-electron chi connectivity index (χ3n) is 2.27. The average molecular weight is 323 g/mol. The summed E-state index contributed by atoms with van der Waals surface area (Å²) in [6.45, 7) is 8.68. The molecule has 0 atom stereocenters. The molecule has 2 N–H and O–H groups in total. The van der Waals surface area contributed by atoms with Gasteiger partial charge in [0.1, 0.15) is 19.0 Å². The number of terminal acetylenes is 1. The van der Waals surface area contributed by atoms with E-state index in [4.69, 9.17) is 21.6 Å². The molecule has 0 aromatic heterocycles. The Morgan fingerprint density at radius 2 is 1.87 bits per heavy atom. The molecule has 23 heavy (non-hydrogen) atoms. The number of hydrogen-bond acceptors (Lipinski definition) is 5. The first-order chi connectivity index (χ1) is 11.3. The molecule has 1 aromatic carbocycles. The summed E-state index contributed by atoms with van der Waals surface area (Å²) in [6, 6.07) is 7.91. The zero-order valence-electron chi connectivity index (χ0n) is 14.4. The van der Waals surface area contributed by atoms with Crippen LogP contribution in [-0.4, -0.2) is 39.4 Å². The highest BCUT2D eigenvalue weighted by atomic mass is 16.5. The highest BCUT2D eigenvalue weighted by Gasteiger charge is 1.95.